The van der Waals surface area contributed by atoms with Crippen LogP contribution in [0.1, 0.15) is 5.69 Å². The minimum Gasteiger partial charge on any atom is -0.456 e. The largest absolute Gasteiger partial charge is 0.456 e. The first-order valence-electron chi connectivity index (χ1n) is 5.52. The van der Waals surface area contributed by atoms with Crippen LogP contribution in [0.3, 0.4) is 0 Å². The molecule has 0 aliphatic heterocycles. The van der Waals surface area contributed by atoms with Gasteiger partial charge in [-0.3, -0.25) is 4.98 Å². The van der Waals surface area contributed by atoms with Crippen LogP contribution >= 0.6 is 34.8 Å². The molecular weight excluding hydrogens is 307 g/mol. The highest BCUT2D eigenvalue weighted by molar-refractivity contribution is 6.43. The molecule has 6 heteroatoms. The Kier molecular flexibility index (Phi) is 4.88. The molecule has 0 fully saturated rings. The third-order valence-corrected chi connectivity index (χ3v) is 3.37. The third kappa shape index (κ3) is 3.74. The van der Waals surface area contributed by atoms with Gasteiger partial charge in [-0.15, -0.1) is 0 Å². The lowest BCUT2D eigenvalue weighted by Crippen LogP contribution is -2.06. The zero-order chi connectivity index (χ0) is 13.8. The van der Waals surface area contributed by atoms with E-state index in [2.05, 4.69) is 10.3 Å². The van der Waals surface area contributed by atoms with Gasteiger partial charge in [0.2, 0.25) is 0 Å². The molecule has 1 aromatic carbocycles. The fraction of sp³-hybridized carbons (Fsp3) is 0.154. The van der Waals surface area contributed by atoms with Gasteiger partial charge in [0.25, 0.3) is 0 Å². The van der Waals surface area contributed by atoms with Crippen molar-refractivity contribution >= 4 is 34.8 Å². The molecule has 2 aromatic rings. The van der Waals surface area contributed by atoms with Crippen molar-refractivity contribution in [3.05, 3.63) is 51.2 Å². The van der Waals surface area contributed by atoms with Gasteiger partial charge in [-0.25, -0.2) is 0 Å². The van der Waals surface area contributed by atoms with Gasteiger partial charge in [-0.05, 0) is 19.2 Å². The van der Waals surface area contributed by atoms with E-state index >= 15 is 0 Å². The molecular formula is C13H11Cl3N2O. The van der Waals surface area contributed by atoms with Crippen molar-refractivity contribution in [1.29, 1.82) is 0 Å². The fourth-order valence-electron chi connectivity index (χ4n) is 1.51. The second-order valence-corrected chi connectivity index (χ2v) is 5.03. The minimum atomic E-state index is 0.393. The molecule has 0 aliphatic carbocycles. The van der Waals surface area contributed by atoms with E-state index in [-0.39, 0.29) is 0 Å². The third-order valence-electron chi connectivity index (χ3n) is 2.35. The summed E-state index contributed by atoms with van der Waals surface area (Å²) in [7, 11) is 1.85. The molecule has 0 saturated carbocycles. The van der Waals surface area contributed by atoms with Gasteiger partial charge in [0.15, 0.2) is 0 Å². The molecule has 3 nitrogen and oxygen atoms in total. The lowest BCUT2D eigenvalue weighted by atomic mass is 10.3. The van der Waals surface area contributed by atoms with Gasteiger partial charge in [-0.2, -0.15) is 0 Å². The molecule has 100 valence electrons. The van der Waals surface area contributed by atoms with Gasteiger partial charge in [0.05, 0.1) is 20.8 Å². The minimum absolute atomic E-state index is 0.393. The van der Waals surface area contributed by atoms with E-state index in [0.717, 1.165) is 5.69 Å². The maximum atomic E-state index is 6.06. The summed E-state index contributed by atoms with van der Waals surface area (Å²) in [6, 6.07) is 6.72. The monoisotopic (exact) mass is 316 g/mol. The van der Waals surface area contributed by atoms with E-state index in [9.17, 15) is 0 Å². The van der Waals surface area contributed by atoms with E-state index in [0.29, 0.717) is 33.1 Å². The van der Waals surface area contributed by atoms with Crippen LogP contribution in [0.4, 0.5) is 0 Å². The van der Waals surface area contributed by atoms with Crippen molar-refractivity contribution in [2.75, 3.05) is 7.05 Å². The molecule has 1 heterocycles. The van der Waals surface area contributed by atoms with Gasteiger partial charge >= 0.3 is 0 Å². The average molecular weight is 318 g/mol. The molecule has 0 amide bonds. The highest BCUT2D eigenvalue weighted by Gasteiger charge is 2.08. The molecule has 1 aromatic heterocycles. The summed E-state index contributed by atoms with van der Waals surface area (Å²) in [6.07, 6.45) is 1.67. The molecule has 0 unspecified atom stereocenters. The van der Waals surface area contributed by atoms with Gasteiger partial charge in [-0.1, -0.05) is 34.8 Å². The number of pyridine rings is 1. The Morgan fingerprint density at radius 2 is 1.84 bits per heavy atom. The summed E-state index contributed by atoms with van der Waals surface area (Å²) in [6.45, 7) is 0.659. The summed E-state index contributed by atoms with van der Waals surface area (Å²) < 4.78 is 5.69. The van der Waals surface area contributed by atoms with Crippen LogP contribution in [0.2, 0.25) is 15.1 Å². The number of aromatic nitrogens is 1. The Hall–Kier alpha value is -1.00. The van der Waals surface area contributed by atoms with Gasteiger partial charge < -0.3 is 10.1 Å². The van der Waals surface area contributed by atoms with Crippen LogP contribution in [-0.2, 0) is 6.54 Å². The molecule has 0 atom stereocenters. The van der Waals surface area contributed by atoms with E-state index in [4.69, 9.17) is 39.5 Å². The lowest BCUT2D eigenvalue weighted by Gasteiger charge is -2.09. The summed E-state index contributed by atoms with van der Waals surface area (Å²) in [5.74, 6) is 1.10. The van der Waals surface area contributed by atoms with Crippen molar-refractivity contribution in [3.8, 4) is 11.5 Å². The van der Waals surface area contributed by atoms with Crippen LogP contribution in [0, 0.1) is 0 Å². The Morgan fingerprint density at radius 1 is 1.11 bits per heavy atom. The van der Waals surface area contributed by atoms with Gasteiger partial charge in [0, 0.05) is 24.9 Å². The second-order valence-electron chi connectivity index (χ2n) is 3.81. The number of benzene rings is 1. The van der Waals surface area contributed by atoms with Crippen molar-refractivity contribution in [1.82, 2.24) is 10.3 Å². The maximum absolute atomic E-state index is 6.06. The molecule has 0 bridgehead atoms. The topological polar surface area (TPSA) is 34.1 Å². The first-order valence-corrected chi connectivity index (χ1v) is 6.65. The lowest BCUT2D eigenvalue weighted by molar-refractivity contribution is 0.481. The first kappa shape index (κ1) is 14.4. The molecule has 0 spiro atoms. The Balaban J connectivity index is 2.25. The van der Waals surface area contributed by atoms with Crippen molar-refractivity contribution < 1.29 is 4.74 Å². The SMILES string of the molecule is CNCc1cc(Oc2cc(Cl)c(Cl)cc2Cl)ccn1. The second kappa shape index (κ2) is 6.44. The zero-order valence-electron chi connectivity index (χ0n) is 10.1. The fourth-order valence-corrected chi connectivity index (χ4v) is 2.08. The van der Waals surface area contributed by atoms with E-state index in [1.165, 1.54) is 0 Å². The van der Waals surface area contributed by atoms with Crippen LogP contribution in [-0.4, -0.2) is 12.0 Å². The maximum Gasteiger partial charge on any atom is 0.147 e. The standard InChI is InChI=1S/C13H11Cl3N2O/c1-17-7-8-4-9(2-3-18-8)19-13-6-11(15)10(14)5-12(13)16/h2-6,17H,7H2,1H3. The molecule has 0 aliphatic rings. The highest BCUT2D eigenvalue weighted by Crippen LogP contribution is 2.36. The van der Waals surface area contributed by atoms with Crippen molar-refractivity contribution in [2.45, 2.75) is 6.54 Å². The number of nitrogens with one attached hydrogen (secondary N) is 1. The normalized spacial score (nSPS) is 10.5. The Bertz CT molecular complexity index is 590. The Morgan fingerprint density at radius 3 is 2.58 bits per heavy atom. The van der Waals surface area contributed by atoms with Crippen LogP contribution in [0.25, 0.3) is 0 Å². The Labute approximate surface area is 126 Å². The number of hydrogen-bond acceptors (Lipinski definition) is 3. The quantitative estimate of drug-likeness (QED) is 0.840. The predicted molar refractivity (Wildman–Crippen MR) is 78.5 cm³/mol. The number of ether oxygens (including phenoxy) is 1. The number of nitrogens with zero attached hydrogens (tertiary/aromatic N) is 1. The average Bonchev–Trinajstić information content (AvgIpc) is 2.37. The molecule has 2 rings (SSSR count). The molecule has 1 N–H and O–H groups in total. The molecule has 0 saturated heterocycles. The molecule has 19 heavy (non-hydrogen) atoms. The van der Waals surface area contributed by atoms with Crippen LogP contribution < -0.4 is 10.1 Å². The summed E-state index contributed by atoms with van der Waals surface area (Å²) in [4.78, 5) is 4.20. The first-order chi connectivity index (χ1) is 9.10. The predicted octanol–water partition coefficient (Wildman–Crippen LogP) is 4.55. The number of hydrogen-bond donors (Lipinski definition) is 1. The summed E-state index contributed by atoms with van der Waals surface area (Å²) in [5, 5.41) is 4.21. The van der Waals surface area contributed by atoms with Crippen molar-refractivity contribution in [2.24, 2.45) is 0 Å². The molecule has 0 radical (unpaired) electrons. The highest BCUT2D eigenvalue weighted by atomic mass is 35.5. The smallest absolute Gasteiger partial charge is 0.147 e. The summed E-state index contributed by atoms with van der Waals surface area (Å²) >= 11 is 17.9. The number of halogens is 3. The summed E-state index contributed by atoms with van der Waals surface area (Å²) in [5.41, 5.74) is 0.871. The van der Waals surface area contributed by atoms with Crippen LogP contribution in [0.15, 0.2) is 30.5 Å². The van der Waals surface area contributed by atoms with Crippen molar-refractivity contribution in [3.63, 3.8) is 0 Å². The van der Waals surface area contributed by atoms with E-state index in [1.54, 1.807) is 24.4 Å². The number of rotatable bonds is 4. The van der Waals surface area contributed by atoms with Gasteiger partial charge in [0.1, 0.15) is 11.5 Å². The van der Waals surface area contributed by atoms with E-state index < -0.39 is 0 Å². The van der Waals surface area contributed by atoms with Crippen LogP contribution in [0.5, 0.6) is 11.5 Å². The zero-order valence-corrected chi connectivity index (χ0v) is 12.4. The van der Waals surface area contributed by atoms with E-state index in [1.807, 2.05) is 13.1 Å².